The van der Waals surface area contributed by atoms with Crippen molar-refractivity contribution in [3.05, 3.63) is 78.4 Å². The minimum absolute atomic E-state index is 0.166. The van der Waals surface area contributed by atoms with Crippen molar-refractivity contribution < 1.29 is 9.72 Å². The summed E-state index contributed by atoms with van der Waals surface area (Å²) in [7, 11) is 0. The van der Waals surface area contributed by atoms with Gasteiger partial charge in [0.2, 0.25) is 5.91 Å². The molecule has 10 nitrogen and oxygen atoms in total. The van der Waals surface area contributed by atoms with Crippen LogP contribution in [0.15, 0.2) is 52.1 Å². The molecule has 1 aromatic heterocycles. The summed E-state index contributed by atoms with van der Waals surface area (Å²) in [6, 6.07) is 9.63. The van der Waals surface area contributed by atoms with E-state index in [1.807, 2.05) is 0 Å². The van der Waals surface area contributed by atoms with Crippen LogP contribution in [0.2, 0.25) is 5.02 Å². The Hall–Kier alpha value is -3.50. The summed E-state index contributed by atoms with van der Waals surface area (Å²) in [5, 5.41) is 11.5. The molecule has 0 spiro atoms. The van der Waals surface area contributed by atoms with E-state index in [2.05, 4.69) is 11.8 Å². The van der Waals surface area contributed by atoms with Gasteiger partial charge >= 0.3 is 5.69 Å². The highest BCUT2D eigenvalue weighted by atomic mass is 35.5. The third kappa shape index (κ3) is 4.39. The smallest absolute Gasteiger partial charge is 0.336 e. The van der Waals surface area contributed by atoms with Gasteiger partial charge in [-0.1, -0.05) is 18.5 Å². The maximum Gasteiger partial charge on any atom is 0.336 e. The Bertz CT molecular complexity index is 1340. The summed E-state index contributed by atoms with van der Waals surface area (Å²) >= 11 is 6.13. The molecule has 0 saturated carbocycles. The number of nitro groups is 1. The Morgan fingerprint density at radius 1 is 1.06 bits per heavy atom. The number of halogens is 1. The molecule has 0 N–H and O–H groups in total. The van der Waals surface area contributed by atoms with Gasteiger partial charge in [0.15, 0.2) is 0 Å². The topological polar surface area (TPSA) is 111 Å². The Balaban J connectivity index is 1.80. The lowest BCUT2D eigenvalue weighted by molar-refractivity contribution is -0.384. The van der Waals surface area contributed by atoms with Crippen molar-refractivity contribution >= 4 is 34.1 Å². The van der Waals surface area contributed by atoms with E-state index in [0.717, 1.165) is 24.2 Å². The molecule has 0 atom stereocenters. The van der Waals surface area contributed by atoms with Crippen molar-refractivity contribution in [2.45, 2.75) is 13.5 Å². The number of nitro benzene ring substituents is 1. The highest BCUT2D eigenvalue weighted by molar-refractivity contribution is 6.31. The van der Waals surface area contributed by atoms with Crippen LogP contribution in [0.4, 0.5) is 5.69 Å². The van der Waals surface area contributed by atoms with E-state index < -0.39 is 16.2 Å². The molecule has 0 unspecified atom stereocenters. The van der Waals surface area contributed by atoms with Crippen molar-refractivity contribution in [1.82, 2.24) is 18.9 Å². The molecule has 2 heterocycles. The van der Waals surface area contributed by atoms with E-state index in [0.29, 0.717) is 18.1 Å². The molecule has 1 amide bonds. The fourth-order valence-corrected chi connectivity index (χ4v) is 4.16. The van der Waals surface area contributed by atoms with Crippen molar-refractivity contribution in [2.24, 2.45) is 0 Å². The van der Waals surface area contributed by atoms with Crippen molar-refractivity contribution in [1.29, 1.82) is 0 Å². The number of benzene rings is 2. The minimum Gasteiger partial charge on any atom is -0.339 e. The molecule has 0 bridgehead atoms. The van der Waals surface area contributed by atoms with Gasteiger partial charge in [0.25, 0.3) is 11.2 Å². The number of amides is 1. The lowest BCUT2D eigenvalue weighted by Crippen LogP contribution is -2.50. The van der Waals surface area contributed by atoms with Crippen LogP contribution >= 0.6 is 11.6 Å². The number of non-ortho nitro benzene ring substituents is 1. The summed E-state index contributed by atoms with van der Waals surface area (Å²) < 4.78 is 2.15. The van der Waals surface area contributed by atoms with Crippen LogP contribution in [0.5, 0.6) is 0 Å². The second-order valence-corrected chi connectivity index (χ2v) is 8.20. The number of rotatable bonds is 5. The van der Waals surface area contributed by atoms with Crippen LogP contribution in [0.1, 0.15) is 6.92 Å². The highest BCUT2D eigenvalue weighted by Crippen LogP contribution is 2.18. The molecule has 1 fully saturated rings. The molecule has 3 aromatic rings. The van der Waals surface area contributed by atoms with Gasteiger partial charge in [-0.3, -0.25) is 24.3 Å². The fourth-order valence-electron chi connectivity index (χ4n) is 3.99. The maximum atomic E-state index is 13.4. The van der Waals surface area contributed by atoms with Gasteiger partial charge in [0.05, 0.1) is 21.5 Å². The van der Waals surface area contributed by atoms with E-state index in [1.54, 1.807) is 4.90 Å². The number of piperazine rings is 1. The predicted molar refractivity (Wildman–Crippen MR) is 124 cm³/mol. The number of hydrogen-bond donors (Lipinski definition) is 0. The summed E-state index contributed by atoms with van der Waals surface area (Å²) in [5.74, 6) is -0.233. The van der Waals surface area contributed by atoms with E-state index in [-0.39, 0.29) is 34.7 Å². The monoisotopic (exact) mass is 471 g/mol. The van der Waals surface area contributed by atoms with Gasteiger partial charge in [-0.05, 0) is 36.9 Å². The molecule has 172 valence electrons. The van der Waals surface area contributed by atoms with Gasteiger partial charge in [-0.2, -0.15) is 0 Å². The Morgan fingerprint density at radius 3 is 2.33 bits per heavy atom. The predicted octanol–water partition coefficient (Wildman–Crippen LogP) is 1.88. The van der Waals surface area contributed by atoms with Crippen LogP contribution in [0.25, 0.3) is 16.6 Å². The van der Waals surface area contributed by atoms with E-state index in [4.69, 9.17) is 11.6 Å². The summed E-state index contributed by atoms with van der Waals surface area (Å²) in [5.41, 5.74) is -1.05. The number of likely N-dealkylation sites (N-methyl/N-ethyl adjacent to an activating group) is 1. The van der Waals surface area contributed by atoms with Crippen molar-refractivity contribution in [3.63, 3.8) is 0 Å². The Kier molecular flexibility index (Phi) is 6.30. The minimum atomic E-state index is -0.718. The molecular weight excluding hydrogens is 450 g/mol. The Morgan fingerprint density at radius 2 is 1.73 bits per heavy atom. The van der Waals surface area contributed by atoms with Gasteiger partial charge in [0.1, 0.15) is 6.54 Å². The second kappa shape index (κ2) is 9.16. The first kappa shape index (κ1) is 22.7. The molecule has 0 radical (unpaired) electrons. The molecule has 11 heteroatoms. The lowest BCUT2D eigenvalue weighted by atomic mass is 10.2. The lowest BCUT2D eigenvalue weighted by Gasteiger charge is -2.34. The number of aromatic nitrogens is 2. The summed E-state index contributed by atoms with van der Waals surface area (Å²) in [6.07, 6.45) is 0. The zero-order valence-corrected chi connectivity index (χ0v) is 18.7. The SMILES string of the molecule is CCN1CCN(C(=O)Cn2c(=O)n(-c3ccc([N+](=O)[O-])cc3)c(=O)c3ccc(Cl)cc32)CC1. The summed E-state index contributed by atoms with van der Waals surface area (Å²) in [4.78, 5) is 54.0. The average molecular weight is 472 g/mol. The van der Waals surface area contributed by atoms with Gasteiger partial charge in [-0.25, -0.2) is 9.36 Å². The van der Waals surface area contributed by atoms with Crippen LogP contribution in [-0.4, -0.2) is 62.5 Å². The largest absolute Gasteiger partial charge is 0.339 e. The van der Waals surface area contributed by atoms with Crippen molar-refractivity contribution in [2.75, 3.05) is 32.7 Å². The molecule has 1 aliphatic rings. The molecule has 2 aromatic carbocycles. The van der Waals surface area contributed by atoms with E-state index in [9.17, 15) is 24.5 Å². The molecule has 1 aliphatic heterocycles. The Labute approximate surface area is 193 Å². The number of fused-ring (bicyclic) bond motifs is 1. The number of nitrogens with zero attached hydrogens (tertiary/aromatic N) is 5. The fraction of sp³-hybridized carbons (Fsp3) is 0.318. The number of carbonyl (C=O) groups excluding carboxylic acids is 1. The number of hydrogen-bond acceptors (Lipinski definition) is 6. The molecule has 1 saturated heterocycles. The first-order valence-electron chi connectivity index (χ1n) is 10.5. The van der Waals surface area contributed by atoms with E-state index in [1.165, 1.54) is 47.0 Å². The van der Waals surface area contributed by atoms with Gasteiger partial charge in [-0.15, -0.1) is 0 Å². The van der Waals surface area contributed by atoms with E-state index >= 15 is 0 Å². The first-order chi connectivity index (χ1) is 15.8. The summed E-state index contributed by atoms with van der Waals surface area (Å²) in [6.45, 7) is 5.34. The average Bonchev–Trinajstić information content (AvgIpc) is 2.82. The maximum absolute atomic E-state index is 13.4. The van der Waals surface area contributed by atoms with Crippen LogP contribution < -0.4 is 11.2 Å². The van der Waals surface area contributed by atoms with Crippen molar-refractivity contribution in [3.8, 4) is 5.69 Å². The zero-order valence-electron chi connectivity index (χ0n) is 17.9. The molecule has 0 aliphatic carbocycles. The van der Waals surface area contributed by atoms with Crippen LogP contribution in [0, 0.1) is 10.1 Å². The number of carbonyl (C=O) groups is 1. The quantitative estimate of drug-likeness (QED) is 0.415. The standard InChI is InChI=1S/C22H22ClN5O5/c1-2-24-9-11-25(12-10-24)20(29)14-26-19-13-15(23)3-8-18(19)21(30)27(22(26)31)16-4-6-17(7-5-16)28(32)33/h3-8,13H,2,9-12,14H2,1H3. The third-order valence-corrected chi connectivity index (χ3v) is 6.13. The molecule has 4 rings (SSSR count). The molecule has 33 heavy (non-hydrogen) atoms. The third-order valence-electron chi connectivity index (χ3n) is 5.89. The van der Waals surface area contributed by atoms with Gasteiger partial charge < -0.3 is 9.80 Å². The first-order valence-corrected chi connectivity index (χ1v) is 10.9. The van der Waals surface area contributed by atoms with Gasteiger partial charge in [0, 0.05) is 43.3 Å². The normalized spacial score (nSPS) is 14.5. The second-order valence-electron chi connectivity index (χ2n) is 7.76. The molecular formula is C22H22ClN5O5. The highest BCUT2D eigenvalue weighted by Gasteiger charge is 2.23. The zero-order chi connectivity index (χ0) is 23.7. The van der Waals surface area contributed by atoms with Crippen LogP contribution in [-0.2, 0) is 11.3 Å². The van der Waals surface area contributed by atoms with Crippen LogP contribution in [0.3, 0.4) is 0 Å².